The van der Waals surface area contributed by atoms with Gasteiger partial charge in [0.25, 0.3) is 5.56 Å². The molecule has 1 N–H and O–H groups in total. The van der Waals surface area contributed by atoms with E-state index in [0.29, 0.717) is 6.54 Å². The van der Waals surface area contributed by atoms with E-state index in [9.17, 15) is 4.79 Å². The third-order valence-electron chi connectivity index (χ3n) is 3.78. The van der Waals surface area contributed by atoms with Crippen LogP contribution < -0.4 is 15.8 Å². The highest BCUT2D eigenvalue weighted by atomic mass is 16.1. The summed E-state index contributed by atoms with van der Waals surface area (Å²) in [5.41, 5.74) is 1.31. The molecule has 0 aliphatic carbocycles. The number of nitrogens with zero attached hydrogens (tertiary/aromatic N) is 2. The summed E-state index contributed by atoms with van der Waals surface area (Å²) >= 11 is 0. The average molecular weight is 257 g/mol. The summed E-state index contributed by atoms with van der Waals surface area (Å²) in [6, 6.07) is 8.18. The molecule has 1 aromatic carbocycles. The Morgan fingerprint density at radius 1 is 1.21 bits per heavy atom. The minimum atomic E-state index is 0.104. The Bertz CT molecular complexity index is 641. The van der Waals surface area contributed by atoms with Crippen LogP contribution in [0.5, 0.6) is 0 Å². The Hall–Kier alpha value is -1.81. The molecule has 1 fully saturated rings. The molecule has 0 unspecified atom stereocenters. The number of nitrogens with one attached hydrogen (secondary N) is 1. The van der Waals surface area contributed by atoms with Gasteiger partial charge in [-0.05, 0) is 36.6 Å². The topological polar surface area (TPSA) is 37.3 Å². The zero-order chi connectivity index (χ0) is 13.2. The Balaban J connectivity index is 2.04. The molecule has 0 amide bonds. The minimum Gasteiger partial charge on any atom is -0.369 e. The first kappa shape index (κ1) is 12.2. The number of fused-ring (bicyclic) bond motifs is 1. The van der Waals surface area contributed by atoms with Crippen LogP contribution in [0.2, 0.25) is 0 Å². The number of aromatic nitrogens is 1. The van der Waals surface area contributed by atoms with Crippen LogP contribution in [-0.2, 0) is 6.54 Å². The summed E-state index contributed by atoms with van der Waals surface area (Å²) in [5, 5.41) is 5.19. The fraction of sp³-hybridized carbons (Fsp3) is 0.400. The number of anilines is 1. The molecule has 1 aromatic heterocycles. The van der Waals surface area contributed by atoms with E-state index in [1.807, 2.05) is 25.3 Å². The van der Waals surface area contributed by atoms with E-state index < -0.39 is 0 Å². The SMILES string of the molecule is CCn1ccc2cc(N3CCNCC3)ccc2c1=O. The maximum atomic E-state index is 12.2. The molecule has 1 saturated heterocycles. The van der Waals surface area contributed by atoms with Crippen LogP contribution in [0.25, 0.3) is 10.8 Å². The zero-order valence-corrected chi connectivity index (χ0v) is 11.2. The molecule has 1 aliphatic heterocycles. The summed E-state index contributed by atoms with van der Waals surface area (Å²) < 4.78 is 1.74. The molecule has 4 nitrogen and oxygen atoms in total. The normalized spacial score (nSPS) is 15.9. The molecule has 1 aliphatic rings. The molecular formula is C15H19N3O. The van der Waals surface area contributed by atoms with Crippen LogP contribution in [0.4, 0.5) is 5.69 Å². The molecule has 2 aromatic rings. The van der Waals surface area contributed by atoms with E-state index in [1.165, 1.54) is 5.69 Å². The number of benzene rings is 1. The number of pyridine rings is 1. The molecule has 0 saturated carbocycles. The number of hydrogen-bond acceptors (Lipinski definition) is 3. The van der Waals surface area contributed by atoms with E-state index in [0.717, 1.165) is 37.0 Å². The Labute approximate surface area is 112 Å². The predicted molar refractivity (Wildman–Crippen MR) is 79.0 cm³/mol. The van der Waals surface area contributed by atoms with Gasteiger partial charge in [0, 0.05) is 50.0 Å². The van der Waals surface area contributed by atoms with Crippen molar-refractivity contribution in [3.8, 4) is 0 Å². The fourth-order valence-electron chi connectivity index (χ4n) is 2.64. The second kappa shape index (κ2) is 5.05. The predicted octanol–water partition coefficient (Wildman–Crippen LogP) is 1.43. The van der Waals surface area contributed by atoms with Crippen molar-refractivity contribution in [1.82, 2.24) is 9.88 Å². The maximum Gasteiger partial charge on any atom is 0.258 e. The van der Waals surface area contributed by atoms with E-state index in [2.05, 4.69) is 22.3 Å². The largest absolute Gasteiger partial charge is 0.369 e. The highest BCUT2D eigenvalue weighted by Crippen LogP contribution is 2.20. The molecule has 100 valence electrons. The third kappa shape index (κ3) is 2.24. The van der Waals surface area contributed by atoms with Gasteiger partial charge in [-0.2, -0.15) is 0 Å². The molecule has 0 spiro atoms. The number of aryl methyl sites for hydroxylation is 1. The fourth-order valence-corrected chi connectivity index (χ4v) is 2.64. The lowest BCUT2D eigenvalue weighted by Gasteiger charge is -2.29. The highest BCUT2D eigenvalue weighted by molar-refractivity contribution is 5.85. The molecule has 2 heterocycles. The molecular weight excluding hydrogens is 238 g/mol. The van der Waals surface area contributed by atoms with Gasteiger partial charge in [-0.1, -0.05) is 0 Å². The summed E-state index contributed by atoms with van der Waals surface area (Å²) in [6.45, 7) is 6.80. The molecule has 0 radical (unpaired) electrons. The van der Waals surface area contributed by atoms with Crippen molar-refractivity contribution in [2.24, 2.45) is 0 Å². The Morgan fingerprint density at radius 3 is 2.74 bits per heavy atom. The highest BCUT2D eigenvalue weighted by Gasteiger charge is 2.11. The first-order chi connectivity index (χ1) is 9.29. The second-order valence-electron chi connectivity index (χ2n) is 4.92. The van der Waals surface area contributed by atoms with Crippen molar-refractivity contribution >= 4 is 16.5 Å². The van der Waals surface area contributed by atoms with Crippen LogP contribution in [0.15, 0.2) is 35.3 Å². The summed E-state index contributed by atoms with van der Waals surface area (Å²) in [6.07, 6.45) is 1.88. The molecule has 0 atom stereocenters. The second-order valence-corrected chi connectivity index (χ2v) is 4.92. The van der Waals surface area contributed by atoms with Crippen LogP contribution >= 0.6 is 0 Å². The first-order valence-electron chi connectivity index (χ1n) is 6.88. The molecule has 4 heteroatoms. The van der Waals surface area contributed by atoms with Gasteiger partial charge in [-0.15, -0.1) is 0 Å². The summed E-state index contributed by atoms with van der Waals surface area (Å²) in [4.78, 5) is 14.5. The lowest BCUT2D eigenvalue weighted by molar-refractivity contribution is 0.589. The first-order valence-corrected chi connectivity index (χ1v) is 6.88. The lowest BCUT2D eigenvalue weighted by Crippen LogP contribution is -2.43. The van der Waals surface area contributed by atoms with Crippen molar-refractivity contribution in [3.63, 3.8) is 0 Å². The summed E-state index contributed by atoms with van der Waals surface area (Å²) in [5.74, 6) is 0. The monoisotopic (exact) mass is 257 g/mol. The van der Waals surface area contributed by atoms with Gasteiger partial charge < -0.3 is 14.8 Å². The molecule has 3 rings (SSSR count). The van der Waals surface area contributed by atoms with Crippen LogP contribution in [0.3, 0.4) is 0 Å². The van der Waals surface area contributed by atoms with E-state index >= 15 is 0 Å². The molecule has 19 heavy (non-hydrogen) atoms. The van der Waals surface area contributed by atoms with Crippen molar-refractivity contribution in [2.45, 2.75) is 13.5 Å². The van der Waals surface area contributed by atoms with E-state index in [1.54, 1.807) is 4.57 Å². The number of piperazine rings is 1. The lowest BCUT2D eigenvalue weighted by atomic mass is 10.1. The van der Waals surface area contributed by atoms with Crippen molar-refractivity contribution < 1.29 is 0 Å². The average Bonchev–Trinajstić information content (AvgIpc) is 2.48. The number of hydrogen-bond donors (Lipinski definition) is 1. The van der Waals surface area contributed by atoms with Gasteiger partial charge in [0.15, 0.2) is 0 Å². The van der Waals surface area contributed by atoms with E-state index in [-0.39, 0.29) is 5.56 Å². The van der Waals surface area contributed by atoms with Gasteiger partial charge in [-0.25, -0.2) is 0 Å². The summed E-state index contributed by atoms with van der Waals surface area (Å²) in [7, 11) is 0. The van der Waals surface area contributed by atoms with Crippen LogP contribution in [0.1, 0.15) is 6.92 Å². The van der Waals surface area contributed by atoms with Gasteiger partial charge in [0.2, 0.25) is 0 Å². The third-order valence-corrected chi connectivity index (χ3v) is 3.78. The van der Waals surface area contributed by atoms with Crippen LogP contribution in [-0.4, -0.2) is 30.7 Å². The van der Waals surface area contributed by atoms with E-state index in [4.69, 9.17) is 0 Å². The van der Waals surface area contributed by atoms with Crippen molar-refractivity contribution in [1.29, 1.82) is 0 Å². The zero-order valence-electron chi connectivity index (χ0n) is 11.2. The quantitative estimate of drug-likeness (QED) is 0.884. The van der Waals surface area contributed by atoms with Gasteiger partial charge in [0.05, 0.1) is 0 Å². The number of rotatable bonds is 2. The van der Waals surface area contributed by atoms with Gasteiger partial charge in [-0.3, -0.25) is 4.79 Å². The maximum absolute atomic E-state index is 12.2. The van der Waals surface area contributed by atoms with Gasteiger partial charge in [0.1, 0.15) is 0 Å². The Morgan fingerprint density at radius 2 is 2.00 bits per heavy atom. The smallest absolute Gasteiger partial charge is 0.258 e. The minimum absolute atomic E-state index is 0.104. The molecule has 0 bridgehead atoms. The van der Waals surface area contributed by atoms with Crippen LogP contribution in [0, 0.1) is 0 Å². The standard InChI is InChI=1S/C15H19N3O/c1-2-17-8-5-12-11-13(3-4-14(12)15(17)19)18-9-6-16-7-10-18/h3-5,8,11,16H,2,6-7,9-10H2,1H3. The van der Waals surface area contributed by atoms with Crippen molar-refractivity contribution in [3.05, 3.63) is 40.8 Å². The van der Waals surface area contributed by atoms with Crippen molar-refractivity contribution in [2.75, 3.05) is 31.1 Å². The van der Waals surface area contributed by atoms with Gasteiger partial charge >= 0.3 is 0 Å². The Kier molecular flexibility index (Phi) is 3.25.